The second kappa shape index (κ2) is 8.84. The lowest BCUT2D eigenvalue weighted by atomic mass is 9.93. The first-order valence-corrected chi connectivity index (χ1v) is 9.58. The standard InChI is InChI=1S/C21H29N3O/c1-2-20-22-13-17-23(20)14-10-19-11-15-24(16-12-19)21(25)9-8-18-6-4-3-5-7-18/h3-7,13,17,19H,2,8-12,14-16H2,1H3. The maximum atomic E-state index is 12.4. The first-order valence-electron chi connectivity index (χ1n) is 9.58. The molecule has 2 aromatic rings. The second-order valence-electron chi connectivity index (χ2n) is 6.99. The molecule has 2 heterocycles. The number of rotatable bonds is 7. The van der Waals surface area contributed by atoms with Gasteiger partial charge in [-0.3, -0.25) is 4.79 Å². The van der Waals surface area contributed by atoms with Crippen LogP contribution in [0.15, 0.2) is 42.7 Å². The molecule has 1 saturated heterocycles. The average Bonchev–Trinajstić information content (AvgIpc) is 3.13. The molecule has 134 valence electrons. The highest BCUT2D eigenvalue weighted by Crippen LogP contribution is 2.22. The molecule has 0 saturated carbocycles. The highest BCUT2D eigenvalue weighted by Gasteiger charge is 2.22. The van der Waals surface area contributed by atoms with Gasteiger partial charge in [-0.25, -0.2) is 4.98 Å². The number of aromatic nitrogens is 2. The van der Waals surface area contributed by atoms with Crippen LogP contribution in [-0.2, 0) is 24.2 Å². The minimum Gasteiger partial charge on any atom is -0.343 e. The molecule has 4 nitrogen and oxygen atoms in total. The van der Waals surface area contributed by atoms with E-state index in [1.807, 2.05) is 24.4 Å². The van der Waals surface area contributed by atoms with Gasteiger partial charge in [-0.2, -0.15) is 0 Å². The Bertz CT molecular complexity index is 657. The molecule has 25 heavy (non-hydrogen) atoms. The number of carbonyl (C=O) groups is 1. The van der Waals surface area contributed by atoms with Crippen LogP contribution in [-0.4, -0.2) is 33.4 Å². The zero-order valence-corrected chi connectivity index (χ0v) is 15.2. The molecule has 1 amide bonds. The number of imidazole rings is 1. The van der Waals surface area contributed by atoms with E-state index in [1.165, 1.54) is 17.8 Å². The minimum absolute atomic E-state index is 0.310. The molecule has 0 unspecified atom stereocenters. The van der Waals surface area contributed by atoms with E-state index in [2.05, 4.69) is 39.7 Å². The van der Waals surface area contributed by atoms with Crippen LogP contribution < -0.4 is 0 Å². The van der Waals surface area contributed by atoms with Crippen LogP contribution in [0.2, 0.25) is 0 Å². The molecular formula is C21H29N3O. The summed E-state index contributed by atoms with van der Waals surface area (Å²) in [6.07, 6.45) is 9.90. The number of aryl methyl sites for hydroxylation is 3. The van der Waals surface area contributed by atoms with Gasteiger partial charge in [0, 0.05) is 44.9 Å². The molecule has 0 radical (unpaired) electrons. The van der Waals surface area contributed by atoms with Crippen molar-refractivity contribution in [3.05, 3.63) is 54.1 Å². The number of nitrogens with zero attached hydrogens (tertiary/aromatic N) is 3. The van der Waals surface area contributed by atoms with Crippen molar-refractivity contribution < 1.29 is 4.79 Å². The fourth-order valence-corrected chi connectivity index (χ4v) is 3.70. The lowest BCUT2D eigenvalue weighted by Crippen LogP contribution is -2.38. The zero-order chi connectivity index (χ0) is 17.5. The Morgan fingerprint density at radius 1 is 1.20 bits per heavy atom. The Morgan fingerprint density at radius 3 is 2.68 bits per heavy atom. The van der Waals surface area contributed by atoms with E-state index in [9.17, 15) is 4.79 Å². The highest BCUT2D eigenvalue weighted by molar-refractivity contribution is 5.76. The van der Waals surface area contributed by atoms with E-state index >= 15 is 0 Å². The number of hydrogen-bond acceptors (Lipinski definition) is 2. The lowest BCUT2D eigenvalue weighted by molar-refractivity contribution is -0.132. The maximum Gasteiger partial charge on any atom is 0.222 e. The SMILES string of the molecule is CCc1nccn1CCC1CCN(C(=O)CCc2ccccc2)CC1. The van der Waals surface area contributed by atoms with Crippen molar-refractivity contribution in [1.29, 1.82) is 0 Å². The molecular weight excluding hydrogens is 310 g/mol. The van der Waals surface area contributed by atoms with Gasteiger partial charge < -0.3 is 9.47 Å². The molecule has 1 aromatic heterocycles. The van der Waals surface area contributed by atoms with E-state index in [0.29, 0.717) is 12.3 Å². The smallest absolute Gasteiger partial charge is 0.222 e. The number of amides is 1. The third-order valence-electron chi connectivity index (χ3n) is 5.33. The largest absolute Gasteiger partial charge is 0.343 e. The minimum atomic E-state index is 0.310. The Balaban J connectivity index is 1.38. The van der Waals surface area contributed by atoms with Gasteiger partial charge in [-0.05, 0) is 37.2 Å². The molecule has 1 fully saturated rings. The van der Waals surface area contributed by atoms with Gasteiger partial charge in [0.25, 0.3) is 0 Å². The Morgan fingerprint density at radius 2 is 1.96 bits per heavy atom. The number of benzene rings is 1. The summed E-state index contributed by atoms with van der Waals surface area (Å²) in [5.41, 5.74) is 1.25. The molecule has 1 aliphatic heterocycles. The summed E-state index contributed by atoms with van der Waals surface area (Å²) in [7, 11) is 0. The molecule has 4 heteroatoms. The summed E-state index contributed by atoms with van der Waals surface area (Å²) in [6.45, 7) is 5.04. The van der Waals surface area contributed by atoms with E-state index in [1.54, 1.807) is 0 Å². The molecule has 0 N–H and O–H groups in total. The second-order valence-corrected chi connectivity index (χ2v) is 6.99. The summed E-state index contributed by atoms with van der Waals surface area (Å²) < 4.78 is 2.28. The van der Waals surface area contributed by atoms with Crippen LogP contribution in [0.4, 0.5) is 0 Å². The van der Waals surface area contributed by atoms with Crippen molar-refractivity contribution in [2.75, 3.05) is 13.1 Å². The first-order chi connectivity index (χ1) is 12.3. The predicted octanol–water partition coefficient (Wildman–Crippen LogP) is 3.71. The summed E-state index contributed by atoms with van der Waals surface area (Å²) in [5.74, 6) is 2.21. The monoisotopic (exact) mass is 339 g/mol. The molecule has 1 aliphatic rings. The van der Waals surface area contributed by atoms with E-state index in [-0.39, 0.29) is 0 Å². The molecule has 0 spiro atoms. The third kappa shape index (κ3) is 4.94. The van der Waals surface area contributed by atoms with Crippen LogP contribution in [0.25, 0.3) is 0 Å². The van der Waals surface area contributed by atoms with Crippen LogP contribution in [0.3, 0.4) is 0 Å². The zero-order valence-electron chi connectivity index (χ0n) is 15.2. The lowest BCUT2D eigenvalue weighted by Gasteiger charge is -2.32. The first kappa shape index (κ1) is 17.7. The molecule has 0 aliphatic carbocycles. The van der Waals surface area contributed by atoms with Crippen molar-refractivity contribution >= 4 is 5.91 Å². The number of likely N-dealkylation sites (tertiary alicyclic amines) is 1. The van der Waals surface area contributed by atoms with Crippen LogP contribution in [0.1, 0.15) is 44.0 Å². The van der Waals surface area contributed by atoms with Gasteiger partial charge in [0.1, 0.15) is 5.82 Å². The van der Waals surface area contributed by atoms with Crippen LogP contribution in [0.5, 0.6) is 0 Å². The van der Waals surface area contributed by atoms with Crippen molar-refractivity contribution in [2.24, 2.45) is 5.92 Å². The molecule has 3 rings (SSSR count). The normalized spacial score (nSPS) is 15.5. The summed E-state index contributed by atoms with van der Waals surface area (Å²) in [5, 5.41) is 0. The summed E-state index contributed by atoms with van der Waals surface area (Å²) in [4.78, 5) is 18.9. The highest BCUT2D eigenvalue weighted by atomic mass is 16.2. The number of carbonyl (C=O) groups excluding carboxylic acids is 1. The average molecular weight is 339 g/mol. The van der Waals surface area contributed by atoms with Crippen LogP contribution >= 0.6 is 0 Å². The third-order valence-corrected chi connectivity index (χ3v) is 5.33. The topological polar surface area (TPSA) is 38.1 Å². The van der Waals surface area contributed by atoms with Gasteiger partial charge in [0.2, 0.25) is 5.91 Å². The van der Waals surface area contributed by atoms with Gasteiger partial charge in [-0.15, -0.1) is 0 Å². The Hall–Kier alpha value is -2.10. The molecule has 0 bridgehead atoms. The fraction of sp³-hybridized carbons (Fsp3) is 0.524. The number of piperidine rings is 1. The fourth-order valence-electron chi connectivity index (χ4n) is 3.70. The summed E-state index contributed by atoms with van der Waals surface area (Å²) in [6, 6.07) is 10.3. The number of hydrogen-bond donors (Lipinski definition) is 0. The maximum absolute atomic E-state index is 12.4. The Labute approximate surface area is 150 Å². The van der Waals surface area contributed by atoms with Gasteiger partial charge in [0.15, 0.2) is 0 Å². The van der Waals surface area contributed by atoms with Crippen molar-refractivity contribution in [2.45, 2.75) is 52.0 Å². The van der Waals surface area contributed by atoms with Crippen molar-refractivity contribution in [1.82, 2.24) is 14.5 Å². The summed E-state index contributed by atoms with van der Waals surface area (Å²) >= 11 is 0. The van der Waals surface area contributed by atoms with Gasteiger partial charge in [-0.1, -0.05) is 37.3 Å². The molecule has 0 atom stereocenters. The van der Waals surface area contributed by atoms with Crippen molar-refractivity contribution in [3.8, 4) is 0 Å². The Kier molecular flexibility index (Phi) is 6.26. The van der Waals surface area contributed by atoms with E-state index in [0.717, 1.165) is 51.2 Å². The van der Waals surface area contributed by atoms with Gasteiger partial charge >= 0.3 is 0 Å². The molecule has 1 aromatic carbocycles. The predicted molar refractivity (Wildman–Crippen MR) is 100 cm³/mol. The van der Waals surface area contributed by atoms with E-state index in [4.69, 9.17) is 0 Å². The van der Waals surface area contributed by atoms with Gasteiger partial charge in [0.05, 0.1) is 0 Å². The van der Waals surface area contributed by atoms with E-state index < -0.39 is 0 Å². The van der Waals surface area contributed by atoms with Crippen LogP contribution in [0, 0.1) is 5.92 Å². The van der Waals surface area contributed by atoms with Crippen molar-refractivity contribution in [3.63, 3.8) is 0 Å². The quantitative estimate of drug-likeness (QED) is 0.771.